The van der Waals surface area contributed by atoms with E-state index in [4.69, 9.17) is 0 Å². The van der Waals surface area contributed by atoms with E-state index >= 15 is 0 Å². The van der Waals surface area contributed by atoms with Crippen molar-refractivity contribution in [3.05, 3.63) is 28.2 Å². The van der Waals surface area contributed by atoms with Crippen LogP contribution in [0.15, 0.2) is 22.7 Å². The first-order valence-electron chi connectivity index (χ1n) is 6.19. The minimum absolute atomic E-state index is 0.0229. The van der Waals surface area contributed by atoms with Crippen LogP contribution in [0, 0.1) is 0 Å². The van der Waals surface area contributed by atoms with Gasteiger partial charge in [-0.05, 0) is 31.0 Å². The molecule has 1 fully saturated rings. The van der Waals surface area contributed by atoms with E-state index in [0.29, 0.717) is 12.1 Å². The van der Waals surface area contributed by atoms with Crippen molar-refractivity contribution in [1.29, 1.82) is 0 Å². The number of aliphatic hydroxyl groups is 1. The summed E-state index contributed by atoms with van der Waals surface area (Å²) in [4.78, 5) is 0. The predicted molar refractivity (Wildman–Crippen MR) is 71.0 cm³/mol. The third-order valence-corrected chi connectivity index (χ3v) is 4.04. The van der Waals surface area contributed by atoms with Crippen molar-refractivity contribution >= 4 is 21.6 Å². The largest absolute Gasteiger partial charge is 0.417 e. The van der Waals surface area contributed by atoms with Crippen LogP contribution >= 0.6 is 15.9 Å². The topological polar surface area (TPSA) is 32.3 Å². The lowest BCUT2D eigenvalue weighted by Crippen LogP contribution is -2.36. The van der Waals surface area contributed by atoms with E-state index in [1.54, 1.807) is 6.07 Å². The highest BCUT2D eigenvalue weighted by atomic mass is 79.9. The number of benzene rings is 1. The molecule has 1 aromatic carbocycles. The Balaban J connectivity index is 2.17. The highest BCUT2D eigenvalue weighted by Gasteiger charge is 2.33. The molecule has 1 aliphatic carbocycles. The zero-order valence-corrected chi connectivity index (χ0v) is 11.8. The molecule has 2 nitrogen and oxygen atoms in total. The molecule has 2 rings (SSSR count). The van der Waals surface area contributed by atoms with Gasteiger partial charge < -0.3 is 10.4 Å². The predicted octanol–water partition coefficient (Wildman–Crippen LogP) is 4.18. The van der Waals surface area contributed by atoms with E-state index in [-0.39, 0.29) is 10.5 Å². The highest BCUT2D eigenvalue weighted by molar-refractivity contribution is 9.10. The van der Waals surface area contributed by atoms with Gasteiger partial charge in [-0.15, -0.1) is 0 Å². The van der Waals surface area contributed by atoms with Crippen molar-refractivity contribution in [2.45, 2.75) is 44.0 Å². The first-order valence-corrected chi connectivity index (χ1v) is 6.98. The summed E-state index contributed by atoms with van der Waals surface area (Å²) in [5, 5.41) is 12.8. The summed E-state index contributed by atoms with van der Waals surface area (Å²) >= 11 is 2.91. The Morgan fingerprint density at radius 2 is 1.89 bits per heavy atom. The SMILES string of the molecule is O[C@@H]1CCCC[C@H]1Nc1ccc(Br)c(C(F)(F)F)c1. The van der Waals surface area contributed by atoms with Gasteiger partial charge in [-0.1, -0.05) is 28.8 Å². The molecule has 6 heteroatoms. The van der Waals surface area contributed by atoms with Crippen LogP contribution in [-0.2, 0) is 6.18 Å². The lowest BCUT2D eigenvalue weighted by Gasteiger charge is -2.29. The summed E-state index contributed by atoms with van der Waals surface area (Å²) in [6.07, 6.45) is -1.46. The molecule has 0 bridgehead atoms. The van der Waals surface area contributed by atoms with Crippen LogP contribution in [0.1, 0.15) is 31.2 Å². The molecule has 0 unspecified atom stereocenters. The third kappa shape index (κ3) is 3.63. The Bertz CT molecular complexity index is 450. The summed E-state index contributed by atoms with van der Waals surface area (Å²) < 4.78 is 38.4. The van der Waals surface area contributed by atoms with Crippen molar-refractivity contribution in [3.63, 3.8) is 0 Å². The molecule has 19 heavy (non-hydrogen) atoms. The second kappa shape index (κ2) is 5.71. The van der Waals surface area contributed by atoms with Crippen LogP contribution in [-0.4, -0.2) is 17.3 Å². The molecular weight excluding hydrogens is 323 g/mol. The smallest absolute Gasteiger partial charge is 0.391 e. The second-order valence-corrected chi connectivity index (χ2v) is 5.65. The Kier molecular flexibility index (Phi) is 4.40. The molecule has 0 heterocycles. The van der Waals surface area contributed by atoms with Crippen molar-refractivity contribution in [3.8, 4) is 0 Å². The summed E-state index contributed by atoms with van der Waals surface area (Å²) in [7, 11) is 0. The van der Waals surface area contributed by atoms with Gasteiger partial charge >= 0.3 is 6.18 Å². The fourth-order valence-corrected chi connectivity index (χ4v) is 2.80. The van der Waals surface area contributed by atoms with Gasteiger partial charge in [0.05, 0.1) is 17.7 Å². The van der Waals surface area contributed by atoms with E-state index in [1.165, 1.54) is 6.07 Å². The molecule has 2 N–H and O–H groups in total. The summed E-state index contributed by atoms with van der Waals surface area (Å²) in [5.41, 5.74) is -0.315. The molecule has 0 spiro atoms. The number of rotatable bonds is 2. The van der Waals surface area contributed by atoms with Gasteiger partial charge in [-0.2, -0.15) is 13.2 Å². The number of anilines is 1. The van der Waals surface area contributed by atoms with Gasteiger partial charge in [0.2, 0.25) is 0 Å². The monoisotopic (exact) mass is 337 g/mol. The van der Waals surface area contributed by atoms with E-state index in [2.05, 4.69) is 21.2 Å². The number of nitrogens with one attached hydrogen (secondary N) is 1. The average Bonchev–Trinajstić information content (AvgIpc) is 2.33. The van der Waals surface area contributed by atoms with E-state index < -0.39 is 17.8 Å². The Labute approximate surface area is 118 Å². The second-order valence-electron chi connectivity index (χ2n) is 4.80. The van der Waals surface area contributed by atoms with Gasteiger partial charge in [0.1, 0.15) is 0 Å². The van der Waals surface area contributed by atoms with Crippen LogP contribution in [0.25, 0.3) is 0 Å². The maximum absolute atomic E-state index is 12.8. The minimum atomic E-state index is -4.39. The standard InChI is InChI=1S/C13H15BrF3NO/c14-10-6-5-8(7-9(10)13(15,16)17)18-11-3-1-2-4-12(11)19/h5-7,11-12,18-19H,1-4H2/t11-,12-/m1/s1. The van der Waals surface area contributed by atoms with Gasteiger partial charge in [0.15, 0.2) is 0 Å². The number of halogens is 4. The Morgan fingerprint density at radius 3 is 2.53 bits per heavy atom. The van der Waals surface area contributed by atoms with Crippen molar-refractivity contribution in [2.24, 2.45) is 0 Å². The number of hydrogen-bond donors (Lipinski definition) is 2. The minimum Gasteiger partial charge on any atom is -0.391 e. The molecule has 0 amide bonds. The number of hydrogen-bond acceptors (Lipinski definition) is 2. The molecule has 1 aromatic rings. The van der Waals surface area contributed by atoms with Crippen LogP contribution in [0.5, 0.6) is 0 Å². The van der Waals surface area contributed by atoms with E-state index in [1.807, 2.05) is 0 Å². The van der Waals surface area contributed by atoms with Crippen LogP contribution < -0.4 is 5.32 Å². The van der Waals surface area contributed by atoms with Gasteiger partial charge in [0.25, 0.3) is 0 Å². The molecule has 106 valence electrons. The molecule has 2 atom stereocenters. The molecule has 0 radical (unpaired) electrons. The lowest BCUT2D eigenvalue weighted by molar-refractivity contribution is -0.138. The van der Waals surface area contributed by atoms with E-state index in [9.17, 15) is 18.3 Å². The fourth-order valence-electron chi connectivity index (χ4n) is 2.33. The molecular formula is C13H15BrF3NO. The molecule has 1 saturated carbocycles. The summed E-state index contributed by atoms with van der Waals surface area (Å²) in [6, 6.07) is 3.86. The zero-order chi connectivity index (χ0) is 14.0. The Morgan fingerprint density at radius 1 is 1.21 bits per heavy atom. The normalized spacial score (nSPS) is 24.3. The third-order valence-electron chi connectivity index (χ3n) is 3.35. The van der Waals surface area contributed by atoms with Crippen molar-refractivity contribution in [2.75, 3.05) is 5.32 Å². The summed E-state index contributed by atoms with van der Waals surface area (Å²) in [5.74, 6) is 0. The summed E-state index contributed by atoms with van der Waals surface area (Å²) in [6.45, 7) is 0. The molecule has 0 aliphatic heterocycles. The number of alkyl halides is 3. The van der Waals surface area contributed by atoms with Gasteiger partial charge in [0, 0.05) is 10.2 Å². The molecule has 0 saturated heterocycles. The quantitative estimate of drug-likeness (QED) is 0.848. The van der Waals surface area contributed by atoms with Crippen LogP contribution in [0.2, 0.25) is 0 Å². The molecule has 1 aliphatic rings. The first-order chi connectivity index (χ1) is 8.88. The van der Waals surface area contributed by atoms with Gasteiger partial charge in [-0.3, -0.25) is 0 Å². The maximum atomic E-state index is 12.8. The highest BCUT2D eigenvalue weighted by Crippen LogP contribution is 2.36. The molecule has 0 aromatic heterocycles. The van der Waals surface area contributed by atoms with Crippen molar-refractivity contribution in [1.82, 2.24) is 0 Å². The van der Waals surface area contributed by atoms with Crippen LogP contribution in [0.4, 0.5) is 18.9 Å². The Hall–Kier alpha value is -0.750. The first kappa shape index (κ1) is 14.7. The number of aliphatic hydroxyl groups excluding tert-OH is 1. The maximum Gasteiger partial charge on any atom is 0.417 e. The zero-order valence-electron chi connectivity index (χ0n) is 10.2. The lowest BCUT2D eigenvalue weighted by atomic mass is 9.92. The van der Waals surface area contributed by atoms with Gasteiger partial charge in [-0.25, -0.2) is 0 Å². The van der Waals surface area contributed by atoms with Crippen LogP contribution in [0.3, 0.4) is 0 Å². The average molecular weight is 338 g/mol. The fraction of sp³-hybridized carbons (Fsp3) is 0.538. The van der Waals surface area contributed by atoms with Crippen molar-refractivity contribution < 1.29 is 18.3 Å². The van der Waals surface area contributed by atoms with E-state index in [0.717, 1.165) is 25.3 Å².